The molecule has 0 spiro atoms. The molecule has 1 aliphatic carbocycles. The highest BCUT2D eigenvalue weighted by molar-refractivity contribution is 7.99. The monoisotopic (exact) mass is 367 g/mol. The van der Waals surface area contributed by atoms with E-state index < -0.39 is 11.5 Å². The highest BCUT2D eigenvalue weighted by Gasteiger charge is 2.40. The first-order valence-electron chi connectivity index (χ1n) is 7.54. The lowest BCUT2D eigenvalue weighted by atomic mass is 9.74. The fourth-order valence-electron chi connectivity index (χ4n) is 2.78. The first-order valence-corrected chi connectivity index (χ1v) is 9.57. The van der Waals surface area contributed by atoms with Gasteiger partial charge < -0.3 is 10.4 Å². The van der Waals surface area contributed by atoms with Crippen LogP contribution in [0.4, 0.5) is 0 Å². The van der Waals surface area contributed by atoms with E-state index >= 15 is 0 Å². The van der Waals surface area contributed by atoms with Crippen LogP contribution < -0.4 is 10.9 Å². The number of fused-ring (bicyclic) bond motifs is 1. The maximum Gasteiger partial charge on any atom is 0.305 e. The minimum Gasteiger partial charge on any atom is -0.481 e. The van der Waals surface area contributed by atoms with Crippen molar-refractivity contribution in [2.45, 2.75) is 37.0 Å². The first kappa shape index (κ1) is 17.0. The van der Waals surface area contributed by atoms with Crippen molar-refractivity contribution < 1.29 is 14.7 Å². The van der Waals surface area contributed by atoms with E-state index in [0.717, 1.165) is 6.42 Å². The molecule has 0 atom stereocenters. The average Bonchev–Trinajstić information content (AvgIpc) is 2.93. The summed E-state index contributed by atoms with van der Waals surface area (Å²) in [5, 5.41) is 13.6. The van der Waals surface area contributed by atoms with E-state index in [9.17, 15) is 14.4 Å². The molecule has 0 radical (unpaired) electrons. The highest BCUT2D eigenvalue weighted by Crippen LogP contribution is 2.35. The van der Waals surface area contributed by atoms with Gasteiger partial charge in [-0.3, -0.25) is 18.8 Å². The number of rotatable bonds is 7. The largest absolute Gasteiger partial charge is 0.481 e. The van der Waals surface area contributed by atoms with Crippen LogP contribution in [0.3, 0.4) is 0 Å². The van der Waals surface area contributed by atoms with Crippen molar-refractivity contribution in [3.8, 4) is 0 Å². The number of aromatic nitrogens is 2. The summed E-state index contributed by atoms with van der Waals surface area (Å²) in [4.78, 5) is 39.9. The molecule has 0 aromatic carbocycles. The number of carbonyl (C=O) groups excluding carboxylic acids is 1. The lowest BCUT2D eigenvalue weighted by Gasteiger charge is -2.41. The van der Waals surface area contributed by atoms with Gasteiger partial charge in [-0.15, -0.1) is 23.1 Å². The third-order valence-corrected chi connectivity index (χ3v) is 5.77. The van der Waals surface area contributed by atoms with Crippen molar-refractivity contribution in [3.05, 3.63) is 33.7 Å². The van der Waals surface area contributed by atoms with E-state index in [4.69, 9.17) is 5.11 Å². The molecule has 2 heterocycles. The van der Waals surface area contributed by atoms with Crippen LogP contribution in [-0.2, 0) is 15.3 Å². The molecular weight excluding hydrogens is 350 g/mol. The normalized spacial score (nSPS) is 15.8. The van der Waals surface area contributed by atoms with Gasteiger partial charge in [-0.2, -0.15) is 0 Å². The SMILES string of the molecule is O=C(O)CC1(NC(=O)CSCc2cc(=O)n3ccsc3n2)CCC1. The Morgan fingerprint density at radius 2 is 2.25 bits per heavy atom. The number of nitrogens with zero attached hydrogens (tertiary/aromatic N) is 2. The zero-order valence-corrected chi connectivity index (χ0v) is 14.5. The van der Waals surface area contributed by atoms with Crippen LogP contribution in [0.25, 0.3) is 4.96 Å². The molecule has 0 bridgehead atoms. The number of carboxylic acid groups (broad SMARTS) is 1. The lowest BCUT2D eigenvalue weighted by molar-refractivity contribution is -0.140. The Morgan fingerprint density at radius 1 is 1.46 bits per heavy atom. The standard InChI is InChI=1S/C15H17N3O4S2/c19-11(17-15(2-1-3-15)7-13(21)22)9-23-8-10-6-12(20)18-4-5-24-14(18)16-10/h4-6H,1-3,7-9H2,(H,17,19)(H,21,22). The maximum absolute atomic E-state index is 12.1. The highest BCUT2D eigenvalue weighted by atomic mass is 32.2. The molecule has 1 amide bonds. The molecular formula is C15H17N3O4S2. The van der Waals surface area contributed by atoms with E-state index in [0.29, 0.717) is 29.2 Å². The van der Waals surface area contributed by atoms with Gasteiger partial charge in [0, 0.05) is 23.4 Å². The number of nitrogens with one attached hydrogen (secondary N) is 1. The summed E-state index contributed by atoms with van der Waals surface area (Å²) in [6.07, 6.45) is 4.01. The number of aliphatic carboxylic acids is 1. The number of hydrogen-bond donors (Lipinski definition) is 2. The maximum atomic E-state index is 12.1. The van der Waals surface area contributed by atoms with Gasteiger partial charge in [0.25, 0.3) is 5.56 Å². The van der Waals surface area contributed by atoms with Crippen LogP contribution in [0.15, 0.2) is 22.4 Å². The molecule has 2 N–H and O–H groups in total. The summed E-state index contributed by atoms with van der Waals surface area (Å²) in [6, 6.07) is 1.47. The van der Waals surface area contributed by atoms with Gasteiger partial charge in [0.1, 0.15) is 0 Å². The lowest BCUT2D eigenvalue weighted by Crippen LogP contribution is -2.55. The van der Waals surface area contributed by atoms with Gasteiger partial charge in [-0.1, -0.05) is 0 Å². The van der Waals surface area contributed by atoms with E-state index in [1.807, 2.05) is 0 Å². The van der Waals surface area contributed by atoms with Crippen molar-refractivity contribution in [2.75, 3.05) is 5.75 Å². The number of thiazole rings is 1. The summed E-state index contributed by atoms with van der Waals surface area (Å²) < 4.78 is 1.48. The molecule has 3 rings (SSSR count). The fourth-order valence-corrected chi connectivity index (χ4v) is 4.24. The predicted octanol–water partition coefficient (Wildman–Crippen LogP) is 1.50. The topological polar surface area (TPSA) is 101 Å². The van der Waals surface area contributed by atoms with E-state index in [1.54, 1.807) is 11.6 Å². The number of hydrogen-bond acceptors (Lipinski definition) is 6. The third-order valence-electron chi connectivity index (χ3n) is 4.04. The Labute approximate surface area is 146 Å². The number of carbonyl (C=O) groups is 2. The zero-order chi connectivity index (χ0) is 17.2. The smallest absolute Gasteiger partial charge is 0.305 e. The molecule has 9 heteroatoms. The molecule has 0 unspecified atom stereocenters. The summed E-state index contributed by atoms with van der Waals surface area (Å²) >= 11 is 2.75. The summed E-state index contributed by atoms with van der Waals surface area (Å²) in [7, 11) is 0. The summed E-state index contributed by atoms with van der Waals surface area (Å²) in [5.41, 5.74) is -0.0588. The Kier molecular flexibility index (Phi) is 4.91. The molecule has 24 heavy (non-hydrogen) atoms. The molecule has 1 saturated carbocycles. The van der Waals surface area contributed by atoms with Crippen molar-refractivity contribution in [1.82, 2.24) is 14.7 Å². The van der Waals surface area contributed by atoms with Crippen LogP contribution in [0.5, 0.6) is 0 Å². The number of carboxylic acids is 1. The van der Waals surface area contributed by atoms with Gasteiger partial charge in [-0.05, 0) is 19.3 Å². The molecule has 1 aliphatic rings. The van der Waals surface area contributed by atoms with Crippen LogP contribution >= 0.6 is 23.1 Å². The van der Waals surface area contributed by atoms with Crippen LogP contribution in [-0.4, -0.2) is 37.7 Å². The summed E-state index contributed by atoms with van der Waals surface area (Å²) in [6.45, 7) is 0. The molecule has 128 valence electrons. The van der Waals surface area contributed by atoms with Gasteiger partial charge in [0.05, 0.1) is 23.4 Å². The van der Waals surface area contributed by atoms with Crippen molar-refractivity contribution in [1.29, 1.82) is 0 Å². The van der Waals surface area contributed by atoms with Crippen LogP contribution in [0.1, 0.15) is 31.4 Å². The van der Waals surface area contributed by atoms with Crippen molar-refractivity contribution in [2.24, 2.45) is 0 Å². The van der Waals surface area contributed by atoms with Crippen LogP contribution in [0, 0.1) is 0 Å². The van der Waals surface area contributed by atoms with Gasteiger partial charge >= 0.3 is 5.97 Å². The van der Waals surface area contributed by atoms with E-state index in [-0.39, 0.29) is 23.6 Å². The summed E-state index contributed by atoms with van der Waals surface area (Å²) in [5.74, 6) is -0.387. The Morgan fingerprint density at radius 3 is 2.92 bits per heavy atom. The van der Waals surface area contributed by atoms with E-state index in [1.165, 1.54) is 33.6 Å². The molecule has 1 fully saturated rings. The second kappa shape index (κ2) is 6.94. The number of thioether (sulfide) groups is 1. The first-order chi connectivity index (χ1) is 11.5. The van der Waals surface area contributed by atoms with Gasteiger partial charge in [0.15, 0.2) is 4.96 Å². The second-order valence-corrected chi connectivity index (χ2v) is 7.75. The average molecular weight is 367 g/mol. The van der Waals surface area contributed by atoms with Crippen LogP contribution in [0.2, 0.25) is 0 Å². The molecule has 0 saturated heterocycles. The van der Waals surface area contributed by atoms with Crippen molar-refractivity contribution in [3.63, 3.8) is 0 Å². The molecule has 7 nitrogen and oxygen atoms in total. The zero-order valence-electron chi connectivity index (χ0n) is 12.9. The number of amides is 1. The minimum atomic E-state index is -0.892. The molecule has 2 aromatic heterocycles. The second-order valence-electron chi connectivity index (χ2n) is 5.89. The quantitative estimate of drug-likeness (QED) is 0.769. The third kappa shape index (κ3) is 3.78. The Hall–Kier alpha value is -1.87. The fraction of sp³-hybridized carbons (Fsp3) is 0.467. The van der Waals surface area contributed by atoms with Gasteiger partial charge in [-0.25, -0.2) is 4.98 Å². The molecule has 2 aromatic rings. The Bertz CT molecular complexity index is 825. The molecule has 0 aliphatic heterocycles. The van der Waals surface area contributed by atoms with Crippen molar-refractivity contribution >= 4 is 39.9 Å². The predicted molar refractivity (Wildman–Crippen MR) is 92.5 cm³/mol. The minimum absolute atomic E-state index is 0.0310. The van der Waals surface area contributed by atoms with E-state index in [2.05, 4.69) is 10.3 Å². The Balaban J connectivity index is 1.52. The van der Waals surface area contributed by atoms with Gasteiger partial charge in [0.2, 0.25) is 5.91 Å².